The lowest BCUT2D eigenvalue weighted by atomic mass is 9.90. The molecule has 0 amide bonds. The second kappa shape index (κ2) is 8.35. The summed E-state index contributed by atoms with van der Waals surface area (Å²) in [6, 6.07) is 3.53. The molecule has 1 unspecified atom stereocenters. The van der Waals surface area contributed by atoms with Gasteiger partial charge in [0.05, 0.1) is 12.9 Å². The monoisotopic (exact) mass is 336 g/mol. The number of ketones is 1. The highest BCUT2D eigenvalue weighted by Crippen LogP contribution is 2.33. The lowest BCUT2D eigenvalue weighted by Crippen LogP contribution is -2.18. The second-order valence-electron chi connectivity index (χ2n) is 5.34. The van der Waals surface area contributed by atoms with Crippen molar-refractivity contribution < 1.29 is 33.3 Å². The average molecular weight is 336 g/mol. The molecule has 0 bridgehead atoms. The van der Waals surface area contributed by atoms with Gasteiger partial charge in [0.15, 0.2) is 5.78 Å². The Kier molecular flexibility index (Phi) is 6.20. The first-order valence-electron chi connectivity index (χ1n) is 7.51. The number of aliphatic hydroxyl groups is 1. The highest BCUT2D eigenvalue weighted by Gasteiger charge is 2.28. The van der Waals surface area contributed by atoms with Gasteiger partial charge in [0.1, 0.15) is 23.9 Å². The standard InChI is InChI=1S/C17H20O7/c1-11(18)16(17(20)23-7-6-21-2)24-14-9-12(8-13(19)10-14)15-4-3-5-22-15/h3-5,10,12,18H,6-9H2,1-2H3/b16-11+. The van der Waals surface area contributed by atoms with E-state index in [4.69, 9.17) is 18.6 Å². The van der Waals surface area contributed by atoms with Gasteiger partial charge in [-0.15, -0.1) is 0 Å². The molecule has 1 aromatic heterocycles. The molecule has 0 radical (unpaired) electrons. The smallest absolute Gasteiger partial charge is 0.377 e. The minimum absolute atomic E-state index is 0.0302. The van der Waals surface area contributed by atoms with E-state index in [-0.39, 0.29) is 42.2 Å². The summed E-state index contributed by atoms with van der Waals surface area (Å²) in [7, 11) is 1.48. The number of furan rings is 1. The Morgan fingerprint density at radius 2 is 2.17 bits per heavy atom. The van der Waals surface area contributed by atoms with Gasteiger partial charge in [-0.25, -0.2) is 4.79 Å². The first-order chi connectivity index (χ1) is 11.5. The number of aliphatic hydroxyl groups excluding tert-OH is 1. The van der Waals surface area contributed by atoms with Gasteiger partial charge in [0.25, 0.3) is 0 Å². The predicted molar refractivity (Wildman–Crippen MR) is 83.0 cm³/mol. The molecule has 130 valence electrons. The first kappa shape index (κ1) is 17.8. The molecule has 24 heavy (non-hydrogen) atoms. The maximum absolute atomic E-state index is 12.0. The maximum Gasteiger partial charge on any atom is 0.377 e. The number of esters is 1. The van der Waals surface area contributed by atoms with E-state index in [2.05, 4.69) is 0 Å². The number of carbonyl (C=O) groups is 2. The van der Waals surface area contributed by atoms with E-state index in [1.165, 1.54) is 26.4 Å². The highest BCUT2D eigenvalue weighted by atomic mass is 16.6. The molecule has 1 aromatic rings. The third-order valence-electron chi connectivity index (χ3n) is 3.43. The van der Waals surface area contributed by atoms with Crippen LogP contribution in [0.2, 0.25) is 0 Å². The zero-order valence-corrected chi connectivity index (χ0v) is 13.6. The minimum Gasteiger partial charge on any atom is -0.508 e. The van der Waals surface area contributed by atoms with Crippen LogP contribution < -0.4 is 0 Å². The molecule has 1 atom stereocenters. The number of methoxy groups -OCH3 is 1. The van der Waals surface area contributed by atoms with Gasteiger partial charge in [-0.05, 0) is 19.1 Å². The summed E-state index contributed by atoms with van der Waals surface area (Å²) in [6.45, 7) is 1.57. The van der Waals surface area contributed by atoms with Gasteiger partial charge >= 0.3 is 5.97 Å². The molecule has 7 nitrogen and oxygen atoms in total. The van der Waals surface area contributed by atoms with Crippen LogP contribution in [0.4, 0.5) is 0 Å². The van der Waals surface area contributed by atoms with Crippen molar-refractivity contribution in [2.75, 3.05) is 20.3 Å². The summed E-state index contributed by atoms with van der Waals surface area (Å²) < 4.78 is 20.5. The summed E-state index contributed by atoms with van der Waals surface area (Å²) >= 11 is 0. The molecular formula is C17H20O7. The van der Waals surface area contributed by atoms with Crippen molar-refractivity contribution >= 4 is 11.8 Å². The van der Waals surface area contributed by atoms with Crippen LogP contribution in [0.25, 0.3) is 0 Å². The number of hydrogen-bond donors (Lipinski definition) is 1. The minimum atomic E-state index is -0.819. The van der Waals surface area contributed by atoms with Gasteiger partial charge in [0, 0.05) is 31.9 Å². The molecule has 2 rings (SSSR count). The van der Waals surface area contributed by atoms with E-state index in [0.29, 0.717) is 18.6 Å². The summed E-state index contributed by atoms with van der Waals surface area (Å²) in [4.78, 5) is 23.9. The van der Waals surface area contributed by atoms with Crippen molar-refractivity contribution in [3.05, 3.63) is 47.5 Å². The molecule has 0 saturated carbocycles. The Morgan fingerprint density at radius 3 is 2.79 bits per heavy atom. The van der Waals surface area contributed by atoms with Crippen LogP contribution in [-0.4, -0.2) is 37.2 Å². The van der Waals surface area contributed by atoms with Crippen LogP contribution in [-0.2, 0) is 23.8 Å². The van der Waals surface area contributed by atoms with Crippen LogP contribution in [0.5, 0.6) is 0 Å². The molecule has 0 spiro atoms. The number of rotatable bonds is 7. The Balaban J connectivity index is 2.07. The third-order valence-corrected chi connectivity index (χ3v) is 3.43. The van der Waals surface area contributed by atoms with E-state index >= 15 is 0 Å². The van der Waals surface area contributed by atoms with Gasteiger partial charge in [-0.2, -0.15) is 0 Å². The van der Waals surface area contributed by atoms with Crippen molar-refractivity contribution in [3.8, 4) is 0 Å². The largest absolute Gasteiger partial charge is 0.508 e. The fraction of sp³-hybridized carbons (Fsp3) is 0.412. The van der Waals surface area contributed by atoms with E-state index in [0.717, 1.165) is 0 Å². The van der Waals surface area contributed by atoms with Gasteiger partial charge in [-0.3, -0.25) is 4.79 Å². The highest BCUT2D eigenvalue weighted by molar-refractivity contribution is 5.92. The van der Waals surface area contributed by atoms with E-state index in [1.807, 2.05) is 0 Å². The van der Waals surface area contributed by atoms with Crippen LogP contribution in [0.3, 0.4) is 0 Å². The van der Waals surface area contributed by atoms with Gasteiger partial charge < -0.3 is 23.7 Å². The van der Waals surface area contributed by atoms with Crippen LogP contribution in [0, 0.1) is 0 Å². The molecule has 0 fully saturated rings. The third kappa shape index (κ3) is 4.73. The number of ether oxygens (including phenoxy) is 3. The molecule has 1 aliphatic carbocycles. The average Bonchev–Trinajstić information content (AvgIpc) is 3.06. The van der Waals surface area contributed by atoms with Crippen LogP contribution in [0.1, 0.15) is 31.4 Å². The fourth-order valence-electron chi connectivity index (χ4n) is 2.33. The summed E-state index contributed by atoms with van der Waals surface area (Å²) in [5, 5.41) is 9.68. The second-order valence-corrected chi connectivity index (χ2v) is 5.34. The van der Waals surface area contributed by atoms with Crippen molar-refractivity contribution in [2.45, 2.75) is 25.7 Å². The molecule has 0 aromatic carbocycles. The summed E-state index contributed by atoms with van der Waals surface area (Å²) in [6.07, 6.45) is 3.54. The topological polar surface area (TPSA) is 95.2 Å². The van der Waals surface area contributed by atoms with Crippen molar-refractivity contribution in [1.29, 1.82) is 0 Å². The zero-order valence-electron chi connectivity index (χ0n) is 13.6. The summed E-state index contributed by atoms with van der Waals surface area (Å²) in [5.41, 5.74) is 0. The summed E-state index contributed by atoms with van der Waals surface area (Å²) in [5.74, 6) is -0.847. The van der Waals surface area contributed by atoms with E-state index < -0.39 is 5.97 Å². The molecular weight excluding hydrogens is 316 g/mol. The van der Waals surface area contributed by atoms with Crippen LogP contribution in [0.15, 0.2) is 46.2 Å². The number of hydrogen-bond acceptors (Lipinski definition) is 7. The number of carbonyl (C=O) groups excluding carboxylic acids is 2. The van der Waals surface area contributed by atoms with Crippen LogP contribution >= 0.6 is 0 Å². The molecule has 1 heterocycles. The van der Waals surface area contributed by atoms with Gasteiger partial charge in [-0.1, -0.05) is 0 Å². The maximum atomic E-state index is 12.0. The Labute approximate surface area is 139 Å². The van der Waals surface area contributed by atoms with Crippen molar-refractivity contribution in [2.24, 2.45) is 0 Å². The fourth-order valence-corrected chi connectivity index (χ4v) is 2.33. The van der Waals surface area contributed by atoms with Crippen molar-refractivity contribution in [1.82, 2.24) is 0 Å². The van der Waals surface area contributed by atoms with E-state index in [9.17, 15) is 14.7 Å². The molecule has 1 N–H and O–H groups in total. The van der Waals surface area contributed by atoms with Gasteiger partial charge in [0.2, 0.25) is 5.76 Å². The predicted octanol–water partition coefficient (Wildman–Crippen LogP) is 2.61. The quantitative estimate of drug-likeness (QED) is 0.354. The first-order valence-corrected chi connectivity index (χ1v) is 7.51. The Hall–Kier alpha value is -2.54. The normalized spacial score (nSPS) is 18.7. The molecule has 0 saturated heterocycles. The number of allylic oxidation sites excluding steroid dienone is 3. The molecule has 0 aliphatic heterocycles. The molecule has 7 heteroatoms. The Bertz CT molecular complexity index is 636. The lowest BCUT2D eigenvalue weighted by molar-refractivity contribution is -0.144. The van der Waals surface area contributed by atoms with E-state index in [1.54, 1.807) is 12.1 Å². The SMILES string of the molecule is COCCOC(=O)/C(OC1=CC(=O)CC(c2ccco2)C1)=C(/C)O. The lowest BCUT2D eigenvalue weighted by Gasteiger charge is -2.21. The Morgan fingerprint density at radius 1 is 1.38 bits per heavy atom. The van der Waals surface area contributed by atoms with Crippen molar-refractivity contribution in [3.63, 3.8) is 0 Å². The zero-order chi connectivity index (χ0) is 17.5. The molecule has 1 aliphatic rings.